The van der Waals surface area contributed by atoms with Crippen LogP contribution in [0, 0.1) is 5.95 Å². The predicted molar refractivity (Wildman–Crippen MR) is 83.8 cm³/mol. The van der Waals surface area contributed by atoms with E-state index in [9.17, 15) is 22.4 Å². The van der Waals surface area contributed by atoms with E-state index in [1.54, 1.807) is 11.0 Å². The van der Waals surface area contributed by atoms with Crippen molar-refractivity contribution in [1.82, 2.24) is 9.88 Å². The lowest BCUT2D eigenvalue weighted by Gasteiger charge is -2.36. The Kier molecular flexibility index (Phi) is 4.61. The lowest BCUT2D eigenvalue weighted by Crippen LogP contribution is -2.49. The van der Waals surface area contributed by atoms with Gasteiger partial charge in [-0.15, -0.1) is 0 Å². The molecule has 3 rings (SSSR count). The molecule has 1 aliphatic rings. The number of nitrogens with zero attached hydrogens (tertiary/aromatic N) is 3. The van der Waals surface area contributed by atoms with Crippen molar-refractivity contribution in [3.05, 3.63) is 59.7 Å². The maximum absolute atomic E-state index is 13.6. The van der Waals surface area contributed by atoms with E-state index in [0.717, 1.165) is 12.1 Å². The van der Waals surface area contributed by atoms with Crippen LogP contribution in [0.5, 0.6) is 0 Å². The number of rotatable bonds is 2. The van der Waals surface area contributed by atoms with Crippen molar-refractivity contribution in [3.8, 4) is 0 Å². The zero-order chi connectivity index (χ0) is 18.0. The molecule has 0 aliphatic carbocycles. The van der Waals surface area contributed by atoms with Gasteiger partial charge in [-0.3, -0.25) is 4.79 Å². The number of piperazine rings is 1. The zero-order valence-corrected chi connectivity index (χ0v) is 13.1. The van der Waals surface area contributed by atoms with Gasteiger partial charge in [0.1, 0.15) is 0 Å². The first kappa shape index (κ1) is 17.2. The van der Waals surface area contributed by atoms with Crippen LogP contribution >= 0.6 is 0 Å². The van der Waals surface area contributed by atoms with Crippen LogP contribution in [0.25, 0.3) is 0 Å². The summed E-state index contributed by atoms with van der Waals surface area (Å²) in [6, 6.07) is 7.93. The standard InChI is InChI=1S/C17H15F4N3O/c18-15-14(5-2-6-22-15)16(25)24-9-7-23(8-10-24)13-4-1-3-12(11-13)17(19,20)21/h1-6,11H,7-10H2. The first-order valence-electron chi connectivity index (χ1n) is 7.68. The Morgan fingerprint density at radius 1 is 1.04 bits per heavy atom. The lowest BCUT2D eigenvalue weighted by molar-refractivity contribution is -0.137. The summed E-state index contributed by atoms with van der Waals surface area (Å²) < 4.78 is 52.1. The molecule has 1 fully saturated rings. The molecular formula is C17H15F4N3O. The van der Waals surface area contributed by atoms with E-state index in [1.807, 2.05) is 0 Å². The van der Waals surface area contributed by atoms with Crippen molar-refractivity contribution in [2.45, 2.75) is 6.18 Å². The number of pyridine rings is 1. The van der Waals surface area contributed by atoms with Crippen LogP contribution in [-0.4, -0.2) is 42.0 Å². The van der Waals surface area contributed by atoms with Crippen LogP contribution in [0.1, 0.15) is 15.9 Å². The number of carbonyl (C=O) groups is 1. The van der Waals surface area contributed by atoms with E-state index >= 15 is 0 Å². The minimum absolute atomic E-state index is 0.102. The molecule has 1 aliphatic heterocycles. The highest BCUT2D eigenvalue weighted by atomic mass is 19.4. The van der Waals surface area contributed by atoms with Gasteiger partial charge in [0.2, 0.25) is 5.95 Å². The Hall–Kier alpha value is -2.64. The molecule has 0 bridgehead atoms. The highest BCUT2D eigenvalue weighted by molar-refractivity contribution is 5.94. The molecule has 4 nitrogen and oxygen atoms in total. The second-order valence-corrected chi connectivity index (χ2v) is 5.67. The van der Waals surface area contributed by atoms with Crippen LogP contribution in [0.15, 0.2) is 42.6 Å². The molecule has 1 aromatic heterocycles. The van der Waals surface area contributed by atoms with E-state index in [4.69, 9.17) is 0 Å². The number of anilines is 1. The van der Waals surface area contributed by atoms with Crippen LogP contribution in [0.4, 0.5) is 23.2 Å². The van der Waals surface area contributed by atoms with Gasteiger partial charge in [0.05, 0.1) is 11.1 Å². The maximum Gasteiger partial charge on any atom is 0.416 e. The Morgan fingerprint density at radius 3 is 2.40 bits per heavy atom. The van der Waals surface area contributed by atoms with Crippen molar-refractivity contribution >= 4 is 11.6 Å². The molecule has 0 N–H and O–H groups in total. The fraction of sp³-hybridized carbons (Fsp3) is 0.294. The zero-order valence-electron chi connectivity index (χ0n) is 13.1. The maximum atomic E-state index is 13.6. The normalized spacial score (nSPS) is 15.4. The number of amides is 1. The fourth-order valence-electron chi connectivity index (χ4n) is 2.76. The molecule has 0 saturated carbocycles. The van der Waals surface area contributed by atoms with Gasteiger partial charge in [-0.1, -0.05) is 6.07 Å². The third-order valence-electron chi connectivity index (χ3n) is 4.10. The predicted octanol–water partition coefficient (Wildman–Crippen LogP) is 3.20. The number of hydrogen-bond acceptors (Lipinski definition) is 3. The number of halogens is 4. The first-order valence-corrected chi connectivity index (χ1v) is 7.68. The molecule has 0 atom stereocenters. The van der Waals surface area contributed by atoms with Crippen LogP contribution in [0.2, 0.25) is 0 Å². The van der Waals surface area contributed by atoms with E-state index in [0.29, 0.717) is 31.9 Å². The molecule has 2 heterocycles. The molecule has 0 spiro atoms. The van der Waals surface area contributed by atoms with Gasteiger partial charge < -0.3 is 9.80 Å². The average molecular weight is 353 g/mol. The summed E-state index contributed by atoms with van der Waals surface area (Å²) in [6.45, 7) is 1.33. The fourth-order valence-corrected chi connectivity index (χ4v) is 2.76. The number of aromatic nitrogens is 1. The van der Waals surface area contributed by atoms with Gasteiger partial charge in [-0.05, 0) is 30.3 Å². The van der Waals surface area contributed by atoms with Crippen molar-refractivity contribution in [3.63, 3.8) is 0 Å². The van der Waals surface area contributed by atoms with Gasteiger partial charge in [0.15, 0.2) is 0 Å². The topological polar surface area (TPSA) is 36.4 Å². The number of hydrogen-bond donors (Lipinski definition) is 0. The highest BCUT2D eigenvalue weighted by Crippen LogP contribution is 2.31. The molecule has 2 aromatic rings. The van der Waals surface area contributed by atoms with Crippen molar-refractivity contribution < 1.29 is 22.4 Å². The SMILES string of the molecule is O=C(c1cccnc1F)N1CCN(c2cccc(C(F)(F)F)c2)CC1. The van der Waals surface area contributed by atoms with Gasteiger partial charge in [0.25, 0.3) is 5.91 Å². The second kappa shape index (κ2) is 6.70. The van der Waals surface area contributed by atoms with Crippen molar-refractivity contribution in [2.75, 3.05) is 31.1 Å². The summed E-state index contributed by atoms with van der Waals surface area (Å²) in [5.41, 5.74) is -0.356. The smallest absolute Gasteiger partial charge is 0.368 e. The van der Waals surface area contributed by atoms with E-state index < -0.39 is 23.6 Å². The van der Waals surface area contributed by atoms with Crippen LogP contribution in [-0.2, 0) is 6.18 Å². The molecule has 1 saturated heterocycles. The van der Waals surface area contributed by atoms with Crippen molar-refractivity contribution in [1.29, 1.82) is 0 Å². The molecule has 132 valence electrons. The molecule has 0 unspecified atom stereocenters. The van der Waals surface area contributed by atoms with Crippen LogP contribution in [0.3, 0.4) is 0 Å². The Bertz CT molecular complexity index is 770. The van der Waals surface area contributed by atoms with Gasteiger partial charge >= 0.3 is 6.18 Å². The summed E-state index contributed by atoms with van der Waals surface area (Å²) in [6.07, 6.45) is -3.14. The number of carbonyl (C=O) groups excluding carboxylic acids is 1. The minimum atomic E-state index is -4.40. The third-order valence-corrected chi connectivity index (χ3v) is 4.10. The number of alkyl halides is 3. The lowest BCUT2D eigenvalue weighted by atomic mass is 10.1. The molecule has 25 heavy (non-hydrogen) atoms. The summed E-state index contributed by atoms with van der Waals surface area (Å²) >= 11 is 0. The Morgan fingerprint density at radius 2 is 1.76 bits per heavy atom. The summed E-state index contributed by atoms with van der Waals surface area (Å²) in [5, 5.41) is 0. The van der Waals surface area contributed by atoms with Crippen molar-refractivity contribution in [2.24, 2.45) is 0 Å². The number of benzene rings is 1. The van der Waals surface area contributed by atoms with E-state index in [2.05, 4.69) is 4.98 Å². The summed E-state index contributed by atoms with van der Waals surface area (Å²) in [4.78, 5) is 19.0. The highest BCUT2D eigenvalue weighted by Gasteiger charge is 2.31. The Labute approximate surface area is 141 Å². The monoisotopic (exact) mass is 353 g/mol. The van der Waals surface area contributed by atoms with Crippen LogP contribution < -0.4 is 4.90 Å². The van der Waals surface area contributed by atoms with E-state index in [1.165, 1.54) is 29.3 Å². The minimum Gasteiger partial charge on any atom is -0.368 e. The molecule has 8 heteroatoms. The van der Waals surface area contributed by atoms with E-state index in [-0.39, 0.29) is 5.56 Å². The van der Waals surface area contributed by atoms with Gasteiger partial charge in [0, 0.05) is 38.1 Å². The summed E-state index contributed by atoms with van der Waals surface area (Å²) in [7, 11) is 0. The summed E-state index contributed by atoms with van der Waals surface area (Å²) in [5.74, 6) is -1.29. The van der Waals surface area contributed by atoms with Gasteiger partial charge in [-0.2, -0.15) is 17.6 Å². The molecule has 0 radical (unpaired) electrons. The third kappa shape index (κ3) is 3.72. The molecular weight excluding hydrogens is 338 g/mol. The first-order chi connectivity index (χ1) is 11.9. The molecule has 1 aromatic carbocycles. The van der Waals surface area contributed by atoms with Gasteiger partial charge in [-0.25, -0.2) is 4.98 Å². The Balaban J connectivity index is 1.68. The average Bonchev–Trinajstić information content (AvgIpc) is 2.61. The quantitative estimate of drug-likeness (QED) is 0.615. The largest absolute Gasteiger partial charge is 0.416 e. The molecule has 1 amide bonds. The second-order valence-electron chi connectivity index (χ2n) is 5.67.